The molecule has 144 valence electrons. The lowest BCUT2D eigenvalue weighted by atomic mass is 10.1. The van der Waals surface area contributed by atoms with Crippen molar-refractivity contribution < 1.29 is 9.59 Å². The Hall–Kier alpha value is -2.80. The Morgan fingerprint density at radius 3 is 2.64 bits per heavy atom. The molecule has 0 aliphatic carbocycles. The maximum Gasteiger partial charge on any atom is 0.266 e. The second-order valence-corrected chi connectivity index (χ2v) is 8.20. The van der Waals surface area contributed by atoms with Crippen molar-refractivity contribution in [2.75, 3.05) is 16.8 Å². The fourth-order valence-corrected chi connectivity index (χ4v) is 4.99. The molecule has 6 nitrogen and oxygen atoms in total. The van der Waals surface area contributed by atoms with Crippen LogP contribution in [0.5, 0.6) is 0 Å². The molecule has 28 heavy (non-hydrogen) atoms. The standard InChI is InChI=1S/C21H22N4O2S/c1-11-10-15(7-8-16(11)25-9-5-6-17(25)26)24-20(27)19-12(2)18-13(3)22-14(4)23-21(18)28-19/h7-8,10H,5-6,9H2,1-4H3,(H,24,27). The maximum absolute atomic E-state index is 12.9. The monoisotopic (exact) mass is 394 g/mol. The van der Waals surface area contributed by atoms with E-state index in [1.165, 1.54) is 11.3 Å². The number of thiophene rings is 1. The molecule has 4 rings (SSSR count). The number of nitrogens with zero attached hydrogens (tertiary/aromatic N) is 3. The summed E-state index contributed by atoms with van der Waals surface area (Å²) in [5.74, 6) is 0.718. The number of fused-ring (bicyclic) bond motifs is 1. The smallest absolute Gasteiger partial charge is 0.266 e. The van der Waals surface area contributed by atoms with Gasteiger partial charge in [0.2, 0.25) is 5.91 Å². The lowest BCUT2D eigenvalue weighted by Crippen LogP contribution is -2.24. The molecule has 0 saturated carbocycles. The van der Waals surface area contributed by atoms with Crippen molar-refractivity contribution >= 4 is 44.7 Å². The molecule has 1 aliphatic heterocycles. The molecular weight excluding hydrogens is 372 g/mol. The first-order valence-electron chi connectivity index (χ1n) is 9.32. The first kappa shape index (κ1) is 18.6. The average Bonchev–Trinajstić information content (AvgIpc) is 3.18. The molecule has 2 aromatic heterocycles. The number of benzene rings is 1. The van der Waals surface area contributed by atoms with Crippen LogP contribution in [-0.4, -0.2) is 28.3 Å². The predicted octanol–water partition coefficient (Wildman–Crippen LogP) is 4.30. The van der Waals surface area contributed by atoms with E-state index >= 15 is 0 Å². The van der Waals surface area contributed by atoms with Crippen molar-refractivity contribution in [3.8, 4) is 0 Å². The van der Waals surface area contributed by atoms with Crippen LogP contribution in [0.3, 0.4) is 0 Å². The lowest BCUT2D eigenvalue weighted by Gasteiger charge is -2.19. The van der Waals surface area contributed by atoms with Gasteiger partial charge in [-0.15, -0.1) is 11.3 Å². The summed E-state index contributed by atoms with van der Waals surface area (Å²) in [7, 11) is 0. The van der Waals surface area contributed by atoms with Crippen molar-refractivity contribution in [2.24, 2.45) is 0 Å². The molecule has 1 fully saturated rings. The quantitative estimate of drug-likeness (QED) is 0.718. The fourth-order valence-electron chi connectivity index (χ4n) is 3.82. The van der Waals surface area contributed by atoms with Crippen molar-refractivity contribution in [2.45, 2.75) is 40.5 Å². The van der Waals surface area contributed by atoms with Crippen LogP contribution >= 0.6 is 11.3 Å². The van der Waals surface area contributed by atoms with E-state index in [1.54, 1.807) is 0 Å². The topological polar surface area (TPSA) is 75.2 Å². The van der Waals surface area contributed by atoms with Gasteiger partial charge in [0.25, 0.3) is 5.91 Å². The van der Waals surface area contributed by atoms with Crippen LogP contribution < -0.4 is 10.2 Å². The van der Waals surface area contributed by atoms with Gasteiger partial charge in [-0.2, -0.15) is 0 Å². The third-order valence-electron chi connectivity index (χ3n) is 5.11. The van der Waals surface area contributed by atoms with Gasteiger partial charge in [-0.25, -0.2) is 9.97 Å². The normalized spacial score (nSPS) is 14.1. The molecule has 3 aromatic rings. The zero-order chi connectivity index (χ0) is 20.0. The summed E-state index contributed by atoms with van der Waals surface area (Å²) in [5, 5.41) is 3.94. The van der Waals surface area contributed by atoms with E-state index in [-0.39, 0.29) is 11.8 Å². The van der Waals surface area contributed by atoms with Crippen molar-refractivity contribution in [3.05, 3.63) is 45.7 Å². The van der Waals surface area contributed by atoms with Gasteiger partial charge < -0.3 is 10.2 Å². The summed E-state index contributed by atoms with van der Waals surface area (Å²) in [6, 6.07) is 5.67. The van der Waals surface area contributed by atoms with Crippen LogP contribution in [0.4, 0.5) is 11.4 Å². The van der Waals surface area contributed by atoms with Crippen molar-refractivity contribution in [3.63, 3.8) is 0 Å². The minimum absolute atomic E-state index is 0.151. The second-order valence-electron chi connectivity index (χ2n) is 7.20. The highest BCUT2D eigenvalue weighted by Gasteiger charge is 2.23. The fraction of sp³-hybridized carbons (Fsp3) is 0.333. The number of amides is 2. The van der Waals surface area contributed by atoms with E-state index in [0.717, 1.165) is 45.7 Å². The molecule has 1 aromatic carbocycles. The molecule has 1 saturated heterocycles. The number of anilines is 2. The summed E-state index contributed by atoms with van der Waals surface area (Å²) in [6.45, 7) is 8.46. The van der Waals surface area contributed by atoms with Crippen LogP contribution in [0.15, 0.2) is 18.2 Å². The predicted molar refractivity (Wildman–Crippen MR) is 112 cm³/mol. The maximum atomic E-state index is 12.9. The molecule has 1 aliphatic rings. The van der Waals surface area contributed by atoms with Crippen LogP contribution in [0.1, 0.15) is 45.2 Å². The van der Waals surface area contributed by atoms with Crippen LogP contribution in [0, 0.1) is 27.7 Å². The molecule has 0 atom stereocenters. The Morgan fingerprint density at radius 1 is 1.18 bits per heavy atom. The molecule has 0 radical (unpaired) electrons. The zero-order valence-corrected chi connectivity index (χ0v) is 17.2. The number of carbonyl (C=O) groups is 2. The van der Waals surface area contributed by atoms with Gasteiger partial charge in [-0.3, -0.25) is 9.59 Å². The molecule has 0 spiro atoms. The second kappa shape index (κ2) is 6.98. The average molecular weight is 395 g/mol. The van der Waals surface area contributed by atoms with Crippen LogP contribution in [0.2, 0.25) is 0 Å². The molecule has 0 bridgehead atoms. The number of hydrogen-bond acceptors (Lipinski definition) is 5. The SMILES string of the molecule is Cc1nc(C)c2c(C)c(C(=O)Nc3ccc(N4CCCC4=O)c(C)c3)sc2n1. The Bertz CT molecular complexity index is 1120. The first-order valence-corrected chi connectivity index (χ1v) is 10.1. The Balaban J connectivity index is 1.61. The number of hydrogen-bond donors (Lipinski definition) is 1. The van der Waals surface area contributed by atoms with Gasteiger partial charge in [0.15, 0.2) is 0 Å². The largest absolute Gasteiger partial charge is 0.321 e. The molecule has 3 heterocycles. The van der Waals surface area contributed by atoms with E-state index < -0.39 is 0 Å². The summed E-state index contributed by atoms with van der Waals surface area (Å²) < 4.78 is 0. The van der Waals surface area contributed by atoms with Gasteiger partial charge in [-0.05, 0) is 63.4 Å². The van der Waals surface area contributed by atoms with Gasteiger partial charge >= 0.3 is 0 Å². The number of aryl methyl sites for hydroxylation is 4. The zero-order valence-electron chi connectivity index (χ0n) is 16.4. The van der Waals surface area contributed by atoms with Gasteiger partial charge in [0, 0.05) is 35.4 Å². The summed E-state index contributed by atoms with van der Waals surface area (Å²) in [5.41, 5.74) is 4.41. The van der Waals surface area contributed by atoms with E-state index in [2.05, 4.69) is 15.3 Å². The summed E-state index contributed by atoms with van der Waals surface area (Å²) >= 11 is 1.39. The highest BCUT2D eigenvalue weighted by atomic mass is 32.1. The minimum Gasteiger partial charge on any atom is -0.321 e. The third kappa shape index (κ3) is 3.16. The van der Waals surface area contributed by atoms with Crippen molar-refractivity contribution in [1.29, 1.82) is 0 Å². The third-order valence-corrected chi connectivity index (χ3v) is 6.29. The van der Waals surface area contributed by atoms with E-state index in [1.807, 2.05) is 50.8 Å². The van der Waals surface area contributed by atoms with Gasteiger partial charge in [-0.1, -0.05) is 0 Å². The Labute approximate surface area is 167 Å². The van der Waals surface area contributed by atoms with Crippen LogP contribution in [-0.2, 0) is 4.79 Å². The number of nitrogens with one attached hydrogen (secondary N) is 1. The Morgan fingerprint density at radius 2 is 1.96 bits per heavy atom. The van der Waals surface area contributed by atoms with Crippen molar-refractivity contribution in [1.82, 2.24) is 9.97 Å². The number of aromatic nitrogens is 2. The van der Waals surface area contributed by atoms with Gasteiger partial charge in [0.1, 0.15) is 10.7 Å². The Kier molecular flexibility index (Phi) is 4.63. The molecule has 0 unspecified atom stereocenters. The van der Waals surface area contributed by atoms with Crippen LogP contribution in [0.25, 0.3) is 10.2 Å². The van der Waals surface area contributed by atoms with Gasteiger partial charge in [0.05, 0.1) is 4.88 Å². The number of carbonyl (C=O) groups excluding carboxylic acids is 2. The van der Waals surface area contributed by atoms with E-state index in [9.17, 15) is 9.59 Å². The molecule has 1 N–H and O–H groups in total. The highest BCUT2D eigenvalue weighted by molar-refractivity contribution is 7.20. The lowest BCUT2D eigenvalue weighted by molar-refractivity contribution is -0.117. The summed E-state index contributed by atoms with van der Waals surface area (Å²) in [4.78, 5) is 37.1. The highest BCUT2D eigenvalue weighted by Crippen LogP contribution is 2.32. The molecular formula is C21H22N4O2S. The van der Waals surface area contributed by atoms with E-state index in [0.29, 0.717) is 22.8 Å². The molecule has 2 amide bonds. The number of rotatable bonds is 3. The minimum atomic E-state index is -0.151. The first-order chi connectivity index (χ1) is 13.3. The van der Waals surface area contributed by atoms with E-state index in [4.69, 9.17) is 0 Å². The molecule has 7 heteroatoms. The summed E-state index contributed by atoms with van der Waals surface area (Å²) in [6.07, 6.45) is 1.49.